The Hall–Kier alpha value is -1.06. The summed E-state index contributed by atoms with van der Waals surface area (Å²) >= 11 is 0. The Morgan fingerprint density at radius 3 is 2.53 bits per heavy atom. The zero-order chi connectivity index (χ0) is 14.1. The maximum atomic E-state index is 5.97. The molecule has 3 heteroatoms. The van der Waals surface area contributed by atoms with Crippen LogP contribution in [0.2, 0.25) is 0 Å². The van der Waals surface area contributed by atoms with Crippen LogP contribution < -0.4 is 10.1 Å². The number of methoxy groups -OCH3 is 1. The molecule has 1 unspecified atom stereocenters. The van der Waals surface area contributed by atoms with Crippen LogP contribution in [-0.2, 0) is 4.74 Å². The van der Waals surface area contributed by atoms with E-state index in [0.717, 1.165) is 18.7 Å². The Labute approximate surface area is 117 Å². The van der Waals surface area contributed by atoms with Gasteiger partial charge in [-0.3, -0.25) is 0 Å². The van der Waals surface area contributed by atoms with Crippen molar-refractivity contribution >= 4 is 0 Å². The average molecular weight is 265 g/mol. The lowest BCUT2D eigenvalue weighted by Gasteiger charge is -2.20. The number of nitrogens with one attached hydrogen (secondary N) is 1. The first kappa shape index (κ1) is 16.0. The molecule has 3 nitrogen and oxygen atoms in total. The molecule has 0 bridgehead atoms. The third-order valence-electron chi connectivity index (χ3n) is 3.03. The van der Waals surface area contributed by atoms with Crippen molar-refractivity contribution in [3.63, 3.8) is 0 Å². The first-order valence-electron chi connectivity index (χ1n) is 7.13. The Morgan fingerprint density at radius 1 is 1.16 bits per heavy atom. The van der Waals surface area contributed by atoms with E-state index in [0.29, 0.717) is 19.1 Å². The number of hydrogen-bond acceptors (Lipinski definition) is 3. The van der Waals surface area contributed by atoms with Crippen molar-refractivity contribution in [1.29, 1.82) is 0 Å². The topological polar surface area (TPSA) is 30.5 Å². The molecule has 1 rings (SSSR count). The van der Waals surface area contributed by atoms with Gasteiger partial charge in [-0.15, -0.1) is 0 Å². The molecule has 0 aliphatic carbocycles. The fourth-order valence-electron chi connectivity index (χ4n) is 1.99. The highest BCUT2D eigenvalue weighted by Gasteiger charge is 2.11. The van der Waals surface area contributed by atoms with Crippen LogP contribution in [0.4, 0.5) is 0 Å². The van der Waals surface area contributed by atoms with Gasteiger partial charge in [-0.1, -0.05) is 39.0 Å². The first-order chi connectivity index (χ1) is 9.19. The normalized spacial score (nSPS) is 12.7. The predicted octanol–water partition coefficient (Wildman–Crippen LogP) is 3.20. The molecule has 0 spiro atoms. The van der Waals surface area contributed by atoms with Crippen LogP contribution in [0.1, 0.15) is 38.7 Å². The van der Waals surface area contributed by atoms with Gasteiger partial charge >= 0.3 is 0 Å². The van der Waals surface area contributed by atoms with Crippen molar-refractivity contribution in [3.8, 4) is 5.75 Å². The molecule has 0 radical (unpaired) electrons. The lowest BCUT2D eigenvalue weighted by atomic mass is 10.0. The molecule has 1 aromatic carbocycles. The molecular formula is C16H27NO2. The van der Waals surface area contributed by atoms with E-state index in [2.05, 4.69) is 38.2 Å². The van der Waals surface area contributed by atoms with Crippen molar-refractivity contribution < 1.29 is 9.47 Å². The van der Waals surface area contributed by atoms with Gasteiger partial charge in [0.15, 0.2) is 0 Å². The first-order valence-corrected chi connectivity index (χ1v) is 7.13. The van der Waals surface area contributed by atoms with Crippen LogP contribution in [0, 0.1) is 0 Å². The molecule has 0 amide bonds. The minimum atomic E-state index is 0.241. The quantitative estimate of drug-likeness (QED) is 0.743. The summed E-state index contributed by atoms with van der Waals surface area (Å²) in [6, 6.07) is 8.49. The molecule has 1 aromatic rings. The molecule has 0 fully saturated rings. The molecule has 19 heavy (non-hydrogen) atoms. The van der Waals surface area contributed by atoms with Crippen LogP contribution in [0.15, 0.2) is 24.3 Å². The number of hydrogen-bond donors (Lipinski definition) is 1. The van der Waals surface area contributed by atoms with Crippen molar-refractivity contribution in [3.05, 3.63) is 29.8 Å². The van der Waals surface area contributed by atoms with Gasteiger partial charge < -0.3 is 14.8 Å². The van der Waals surface area contributed by atoms with E-state index in [1.54, 1.807) is 7.11 Å². The van der Waals surface area contributed by atoms with E-state index in [-0.39, 0.29) is 6.04 Å². The van der Waals surface area contributed by atoms with Gasteiger partial charge in [0.1, 0.15) is 12.4 Å². The van der Waals surface area contributed by atoms with Crippen molar-refractivity contribution in [2.24, 2.45) is 0 Å². The number of benzene rings is 1. The summed E-state index contributed by atoms with van der Waals surface area (Å²) in [6.45, 7) is 8.82. The maximum absolute atomic E-state index is 5.97. The van der Waals surface area contributed by atoms with Gasteiger partial charge in [-0.2, -0.15) is 0 Å². The molecule has 0 saturated carbocycles. The van der Waals surface area contributed by atoms with E-state index in [1.165, 1.54) is 5.56 Å². The number of rotatable bonds is 9. The van der Waals surface area contributed by atoms with Crippen molar-refractivity contribution in [2.45, 2.75) is 39.2 Å². The summed E-state index contributed by atoms with van der Waals surface area (Å²) in [6.07, 6.45) is 1.11. The molecule has 1 N–H and O–H groups in total. The fourth-order valence-corrected chi connectivity index (χ4v) is 1.99. The van der Waals surface area contributed by atoms with Crippen molar-refractivity contribution in [2.75, 3.05) is 26.9 Å². The van der Waals surface area contributed by atoms with Gasteiger partial charge in [-0.25, -0.2) is 0 Å². The molecule has 108 valence electrons. The van der Waals surface area contributed by atoms with Crippen LogP contribution in [-0.4, -0.2) is 32.9 Å². The van der Waals surface area contributed by atoms with Gasteiger partial charge in [-0.05, 0) is 30.5 Å². The molecular weight excluding hydrogens is 238 g/mol. The SMILES string of the molecule is CCCNC(COC)COc1ccccc1C(C)C. The van der Waals surface area contributed by atoms with Crippen molar-refractivity contribution in [1.82, 2.24) is 5.32 Å². The number of para-hydroxylation sites is 1. The van der Waals surface area contributed by atoms with Crippen LogP contribution >= 0.6 is 0 Å². The minimum Gasteiger partial charge on any atom is -0.492 e. The van der Waals surface area contributed by atoms with E-state index >= 15 is 0 Å². The summed E-state index contributed by atoms with van der Waals surface area (Å²) in [4.78, 5) is 0. The second-order valence-electron chi connectivity index (χ2n) is 5.11. The second kappa shape index (κ2) is 8.94. The Bertz CT molecular complexity index is 352. The highest BCUT2D eigenvalue weighted by atomic mass is 16.5. The molecule has 0 aromatic heterocycles. The van der Waals surface area contributed by atoms with E-state index in [9.17, 15) is 0 Å². The smallest absolute Gasteiger partial charge is 0.122 e. The summed E-state index contributed by atoms with van der Waals surface area (Å²) < 4.78 is 11.2. The Morgan fingerprint density at radius 2 is 1.89 bits per heavy atom. The van der Waals surface area contributed by atoms with E-state index in [4.69, 9.17) is 9.47 Å². The standard InChI is InChI=1S/C16H27NO2/c1-5-10-17-14(11-18-4)12-19-16-9-7-6-8-15(16)13(2)3/h6-9,13-14,17H,5,10-12H2,1-4H3. The Balaban J connectivity index is 2.58. The highest BCUT2D eigenvalue weighted by Crippen LogP contribution is 2.25. The average Bonchev–Trinajstić information content (AvgIpc) is 2.42. The fraction of sp³-hybridized carbons (Fsp3) is 0.625. The maximum Gasteiger partial charge on any atom is 0.122 e. The second-order valence-corrected chi connectivity index (χ2v) is 5.11. The zero-order valence-corrected chi connectivity index (χ0v) is 12.6. The van der Waals surface area contributed by atoms with E-state index in [1.807, 2.05) is 12.1 Å². The van der Waals surface area contributed by atoms with Gasteiger partial charge in [0, 0.05) is 7.11 Å². The summed E-state index contributed by atoms with van der Waals surface area (Å²) in [5.41, 5.74) is 1.26. The minimum absolute atomic E-state index is 0.241. The van der Waals surface area contributed by atoms with Crippen LogP contribution in [0.25, 0.3) is 0 Å². The molecule has 0 aliphatic heterocycles. The van der Waals surface area contributed by atoms with Crippen LogP contribution in [0.3, 0.4) is 0 Å². The highest BCUT2D eigenvalue weighted by molar-refractivity contribution is 5.35. The summed E-state index contributed by atoms with van der Waals surface area (Å²) in [5.74, 6) is 1.46. The predicted molar refractivity (Wildman–Crippen MR) is 80.0 cm³/mol. The molecule has 1 atom stereocenters. The third-order valence-corrected chi connectivity index (χ3v) is 3.03. The Kier molecular flexibility index (Phi) is 7.53. The van der Waals surface area contributed by atoms with Crippen LogP contribution in [0.5, 0.6) is 5.75 Å². The molecule has 0 aliphatic rings. The van der Waals surface area contributed by atoms with Gasteiger partial charge in [0.25, 0.3) is 0 Å². The molecule has 0 saturated heterocycles. The monoisotopic (exact) mass is 265 g/mol. The summed E-state index contributed by atoms with van der Waals surface area (Å²) in [5, 5.41) is 3.44. The zero-order valence-electron chi connectivity index (χ0n) is 12.6. The lowest BCUT2D eigenvalue weighted by molar-refractivity contribution is 0.135. The number of ether oxygens (including phenoxy) is 2. The van der Waals surface area contributed by atoms with E-state index < -0.39 is 0 Å². The summed E-state index contributed by atoms with van der Waals surface area (Å²) in [7, 11) is 1.72. The lowest BCUT2D eigenvalue weighted by Crippen LogP contribution is -2.38. The third kappa shape index (κ3) is 5.62. The molecule has 0 heterocycles. The largest absolute Gasteiger partial charge is 0.492 e. The van der Waals surface area contributed by atoms with Gasteiger partial charge in [0.05, 0.1) is 12.6 Å². The van der Waals surface area contributed by atoms with Gasteiger partial charge in [0.2, 0.25) is 0 Å².